The molecule has 0 aromatic carbocycles. The summed E-state index contributed by atoms with van der Waals surface area (Å²) in [5.41, 5.74) is -2.77. The third kappa shape index (κ3) is 50.0. The second-order valence-electron chi connectivity index (χ2n) is 6.58. The van der Waals surface area contributed by atoms with E-state index in [4.69, 9.17) is 0 Å². The molecule has 1 radical (unpaired) electrons. The minimum Gasteiger partial charge on any atom is -0.848 e. The van der Waals surface area contributed by atoms with E-state index in [9.17, 15) is 15.3 Å². The number of methoxy groups -OCH3 is 3. The molecule has 0 aromatic rings. The second-order valence-corrected chi connectivity index (χ2v) is 6.58. The Balaban J connectivity index is -0.000000108. The molecule has 7 heteroatoms. The third-order valence-electron chi connectivity index (χ3n) is 1.48. The molecule has 135 valence electrons. The van der Waals surface area contributed by atoms with E-state index >= 15 is 0 Å². The zero-order valence-electron chi connectivity index (χ0n) is 15.5. The van der Waals surface area contributed by atoms with E-state index in [1.165, 1.54) is 21.3 Å². The molecule has 0 aliphatic carbocycles. The van der Waals surface area contributed by atoms with Gasteiger partial charge in [-0.3, -0.25) is 0 Å². The van der Waals surface area contributed by atoms with Gasteiger partial charge in [-0.25, -0.2) is 0 Å². The molecule has 0 unspecified atom stereocenters. The number of ether oxygens (including phenoxy) is 3. The Kier molecular flexibility index (Phi) is 20.4. The Bertz CT molecular complexity index is 178. The van der Waals surface area contributed by atoms with Crippen molar-refractivity contribution in [3.05, 3.63) is 0 Å². The zero-order chi connectivity index (χ0) is 17.7. The van der Waals surface area contributed by atoms with Gasteiger partial charge in [0, 0.05) is 41.2 Å². The SMILES string of the molecule is COCC(C)(C)[O-].COCC(C)(C)[O-].COCC(C)(C)[O-].[Cr+3]. The van der Waals surface area contributed by atoms with Crippen LogP contribution >= 0.6 is 0 Å². The van der Waals surface area contributed by atoms with Gasteiger partial charge in [-0.15, -0.1) is 0 Å². The molecule has 0 heterocycles. The van der Waals surface area contributed by atoms with Gasteiger partial charge in [0.15, 0.2) is 0 Å². The molecule has 0 aliphatic heterocycles. The van der Waals surface area contributed by atoms with Crippen LogP contribution in [-0.4, -0.2) is 58.0 Å². The molecule has 0 aromatic heterocycles. The van der Waals surface area contributed by atoms with Crippen molar-refractivity contribution in [1.29, 1.82) is 0 Å². The van der Waals surface area contributed by atoms with Crippen molar-refractivity contribution in [3.8, 4) is 0 Å². The van der Waals surface area contributed by atoms with Crippen LogP contribution in [0.4, 0.5) is 0 Å². The van der Waals surface area contributed by atoms with Crippen LogP contribution in [0.2, 0.25) is 0 Å². The fraction of sp³-hybridized carbons (Fsp3) is 1.00. The van der Waals surface area contributed by atoms with Crippen molar-refractivity contribution < 1.29 is 46.9 Å². The maximum atomic E-state index is 10.6. The number of rotatable bonds is 6. The Morgan fingerprint density at radius 3 is 0.682 bits per heavy atom. The molecule has 0 saturated carbocycles. The maximum absolute atomic E-state index is 10.6. The first-order valence-corrected chi connectivity index (χ1v) is 6.76. The Hall–Kier alpha value is 0.292. The van der Waals surface area contributed by atoms with E-state index in [-0.39, 0.29) is 37.2 Å². The smallest absolute Gasteiger partial charge is 0.848 e. The molecule has 22 heavy (non-hydrogen) atoms. The van der Waals surface area contributed by atoms with Crippen LogP contribution in [0.25, 0.3) is 0 Å². The van der Waals surface area contributed by atoms with Gasteiger partial charge < -0.3 is 29.5 Å². The first kappa shape index (κ1) is 30.2. The first-order valence-electron chi connectivity index (χ1n) is 6.76. The standard InChI is InChI=1S/3C5H11O2.Cr/c3*1-5(2,6)4-7-3;/h3*4H2,1-3H3;/q3*-1;+3. The molecular weight excluding hydrogens is 328 g/mol. The molecule has 0 fully saturated rings. The van der Waals surface area contributed by atoms with Crippen LogP contribution in [0.1, 0.15) is 41.5 Å². The van der Waals surface area contributed by atoms with E-state index in [1.807, 2.05) is 0 Å². The molecule has 0 saturated heterocycles. The van der Waals surface area contributed by atoms with Crippen LogP contribution in [0, 0.1) is 0 Å². The van der Waals surface area contributed by atoms with Crippen molar-refractivity contribution in [3.63, 3.8) is 0 Å². The molecule has 0 spiro atoms. The summed E-state index contributed by atoms with van der Waals surface area (Å²) in [6.45, 7) is 10.4. The van der Waals surface area contributed by atoms with E-state index in [2.05, 4.69) is 14.2 Å². The van der Waals surface area contributed by atoms with E-state index in [1.54, 1.807) is 41.5 Å². The van der Waals surface area contributed by atoms with E-state index in [0.717, 1.165) is 0 Å². The van der Waals surface area contributed by atoms with Crippen molar-refractivity contribution in [1.82, 2.24) is 0 Å². The predicted molar refractivity (Wildman–Crippen MR) is 77.9 cm³/mol. The van der Waals surface area contributed by atoms with Crippen LogP contribution < -0.4 is 15.3 Å². The number of hydrogen-bond donors (Lipinski definition) is 0. The quantitative estimate of drug-likeness (QED) is 0.621. The van der Waals surface area contributed by atoms with Gasteiger partial charge in [-0.2, -0.15) is 0 Å². The van der Waals surface area contributed by atoms with Gasteiger partial charge in [0.25, 0.3) is 0 Å². The van der Waals surface area contributed by atoms with Gasteiger partial charge in [-0.05, 0) is 0 Å². The fourth-order valence-electron chi connectivity index (χ4n) is 1.04. The molecule has 0 rings (SSSR count). The van der Waals surface area contributed by atoms with Gasteiger partial charge in [-0.1, -0.05) is 58.3 Å². The van der Waals surface area contributed by atoms with Crippen LogP contribution in [0.15, 0.2) is 0 Å². The zero-order valence-corrected chi connectivity index (χ0v) is 16.8. The average molecular weight is 361 g/mol. The van der Waals surface area contributed by atoms with Crippen LogP contribution in [0.3, 0.4) is 0 Å². The Labute approximate surface area is 146 Å². The summed E-state index contributed by atoms with van der Waals surface area (Å²) in [7, 11) is 4.58. The van der Waals surface area contributed by atoms with Crippen molar-refractivity contribution in [2.24, 2.45) is 0 Å². The molecule has 0 amide bonds. The Morgan fingerprint density at radius 1 is 0.545 bits per heavy atom. The van der Waals surface area contributed by atoms with Gasteiger partial charge >= 0.3 is 17.4 Å². The summed E-state index contributed by atoms with van der Waals surface area (Å²) in [5.74, 6) is 0. The van der Waals surface area contributed by atoms with E-state index in [0.29, 0.717) is 0 Å². The average Bonchev–Trinajstić information content (AvgIpc) is 2.12. The van der Waals surface area contributed by atoms with Crippen LogP contribution in [-0.2, 0) is 31.6 Å². The summed E-state index contributed by atoms with van der Waals surface area (Å²) in [5, 5.41) is 31.7. The third-order valence-corrected chi connectivity index (χ3v) is 1.48. The summed E-state index contributed by atoms with van der Waals surface area (Å²) in [6, 6.07) is 0. The molecule has 0 aliphatic rings. The summed E-state index contributed by atoms with van der Waals surface area (Å²) < 4.78 is 13.8. The normalized spacial score (nSPS) is 11.5. The van der Waals surface area contributed by atoms with Crippen molar-refractivity contribution in [2.75, 3.05) is 41.2 Å². The maximum Gasteiger partial charge on any atom is 3.00 e. The molecular formula is C15H33CrO6. The predicted octanol–water partition coefficient (Wildman–Crippen LogP) is -0.687. The largest absolute Gasteiger partial charge is 3.00 e. The van der Waals surface area contributed by atoms with E-state index < -0.39 is 16.8 Å². The molecule has 0 atom stereocenters. The Morgan fingerprint density at radius 2 is 0.682 bits per heavy atom. The minimum atomic E-state index is -0.922. The van der Waals surface area contributed by atoms with Gasteiger partial charge in [0.2, 0.25) is 0 Å². The summed E-state index contributed by atoms with van der Waals surface area (Å²) in [4.78, 5) is 0. The summed E-state index contributed by atoms with van der Waals surface area (Å²) >= 11 is 0. The topological polar surface area (TPSA) is 96.9 Å². The van der Waals surface area contributed by atoms with Gasteiger partial charge in [0.1, 0.15) is 0 Å². The fourth-order valence-corrected chi connectivity index (χ4v) is 1.04. The number of hydrogen-bond acceptors (Lipinski definition) is 6. The molecule has 0 N–H and O–H groups in total. The summed E-state index contributed by atoms with van der Waals surface area (Å²) in [6.07, 6.45) is 0. The van der Waals surface area contributed by atoms with Crippen molar-refractivity contribution >= 4 is 0 Å². The van der Waals surface area contributed by atoms with Crippen molar-refractivity contribution in [2.45, 2.75) is 58.3 Å². The minimum absolute atomic E-state index is 0. The van der Waals surface area contributed by atoms with Gasteiger partial charge in [0.05, 0.1) is 0 Å². The molecule has 0 bridgehead atoms. The monoisotopic (exact) mass is 361 g/mol. The first-order chi connectivity index (χ1) is 9.18. The molecule has 6 nitrogen and oxygen atoms in total. The second kappa shape index (κ2) is 14.9. The van der Waals surface area contributed by atoms with Crippen LogP contribution in [0.5, 0.6) is 0 Å².